The third-order valence-corrected chi connectivity index (χ3v) is 2.96. The first-order chi connectivity index (χ1) is 5.96. The summed E-state index contributed by atoms with van der Waals surface area (Å²) in [5, 5.41) is 11.3. The molecule has 5 heteroatoms. The summed E-state index contributed by atoms with van der Waals surface area (Å²) in [6.45, 7) is 3.89. The van der Waals surface area contributed by atoms with Crippen LogP contribution in [-0.2, 0) is 4.79 Å². The van der Waals surface area contributed by atoms with Gasteiger partial charge in [0.15, 0.2) is 0 Å². The fourth-order valence-corrected chi connectivity index (χ4v) is 2.42. The first kappa shape index (κ1) is 10.4. The number of aliphatic carboxylic acids is 1. The molecule has 0 aromatic carbocycles. The van der Waals surface area contributed by atoms with Crippen LogP contribution < -0.4 is 5.32 Å². The van der Waals surface area contributed by atoms with Crippen LogP contribution in [0.25, 0.3) is 0 Å². The van der Waals surface area contributed by atoms with Crippen molar-refractivity contribution in [3.63, 3.8) is 0 Å². The Morgan fingerprint density at radius 3 is 2.69 bits per heavy atom. The zero-order chi connectivity index (χ0) is 10.1. The van der Waals surface area contributed by atoms with Crippen LogP contribution in [0, 0.1) is 5.92 Å². The standard InChI is InChI=1S/C8H13NO3S/c1-5(2)3-8(6(10)11)4-13-7(12)9-8/h5H,3-4H2,1-2H3,(H,9,12)(H,10,11)/t8-/m1/s1. The van der Waals surface area contributed by atoms with E-state index in [1.807, 2.05) is 13.8 Å². The van der Waals surface area contributed by atoms with E-state index < -0.39 is 11.5 Å². The molecule has 1 fully saturated rings. The monoisotopic (exact) mass is 203 g/mol. The maximum absolute atomic E-state index is 11.0. The van der Waals surface area contributed by atoms with Crippen LogP contribution in [0.3, 0.4) is 0 Å². The lowest BCUT2D eigenvalue weighted by molar-refractivity contribution is -0.143. The molecular weight excluding hydrogens is 190 g/mol. The number of hydrogen-bond acceptors (Lipinski definition) is 3. The zero-order valence-electron chi connectivity index (χ0n) is 7.66. The van der Waals surface area contributed by atoms with Crippen molar-refractivity contribution in [3.05, 3.63) is 0 Å². The molecule has 0 bridgehead atoms. The van der Waals surface area contributed by atoms with E-state index in [4.69, 9.17) is 5.11 Å². The Morgan fingerprint density at radius 2 is 2.38 bits per heavy atom. The SMILES string of the molecule is CC(C)C[C@]1(C(=O)O)CSC(=O)N1. The minimum atomic E-state index is -1.03. The molecular formula is C8H13NO3S. The first-order valence-corrected chi connectivity index (χ1v) is 5.13. The molecule has 0 aromatic heterocycles. The molecule has 1 aliphatic heterocycles. The van der Waals surface area contributed by atoms with Crippen molar-refractivity contribution >= 4 is 23.0 Å². The lowest BCUT2D eigenvalue weighted by Gasteiger charge is -2.24. The van der Waals surface area contributed by atoms with E-state index in [0.29, 0.717) is 12.2 Å². The Hall–Kier alpha value is -0.710. The summed E-state index contributed by atoms with van der Waals surface area (Å²) in [6.07, 6.45) is 0.487. The Labute approximate surface area is 81.1 Å². The highest BCUT2D eigenvalue weighted by molar-refractivity contribution is 8.14. The van der Waals surface area contributed by atoms with Gasteiger partial charge >= 0.3 is 5.97 Å². The van der Waals surface area contributed by atoms with Crippen LogP contribution in [-0.4, -0.2) is 27.6 Å². The van der Waals surface area contributed by atoms with Gasteiger partial charge in [-0.25, -0.2) is 4.79 Å². The normalized spacial score (nSPS) is 27.8. The molecule has 0 saturated carbocycles. The second-order valence-electron chi connectivity index (χ2n) is 3.69. The van der Waals surface area contributed by atoms with Crippen LogP contribution in [0.4, 0.5) is 4.79 Å². The molecule has 0 spiro atoms. The molecule has 1 heterocycles. The van der Waals surface area contributed by atoms with Gasteiger partial charge in [0, 0.05) is 5.75 Å². The van der Waals surface area contributed by atoms with Crippen LogP contribution in [0.1, 0.15) is 20.3 Å². The lowest BCUT2D eigenvalue weighted by atomic mass is 9.91. The Balaban J connectivity index is 2.77. The maximum atomic E-state index is 11.0. The highest BCUT2D eigenvalue weighted by Gasteiger charge is 2.45. The third-order valence-electron chi connectivity index (χ3n) is 1.96. The van der Waals surface area contributed by atoms with Crippen LogP contribution in [0.2, 0.25) is 0 Å². The van der Waals surface area contributed by atoms with Gasteiger partial charge < -0.3 is 10.4 Å². The van der Waals surface area contributed by atoms with E-state index in [2.05, 4.69) is 5.32 Å². The predicted molar refractivity (Wildman–Crippen MR) is 50.8 cm³/mol. The van der Waals surface area contributed by atoms with Gasteiger partial charge in [-0.05, 0) is 12.3 Å². The average Bonchev–Trinajstić information content (AvgIpc) is 2.31. The van der Waals surface area contributed by atoms with E-state index in [9.17, 15) is 9.59 Å². The van der Waals surface area contributed by atoms with E-state index in [1.165, 1.54) is 0 Å². The predicted octanol–water partition coefficient (Wildman–Crippen LogP) is 1.31. The van der Waals surface area contributed by atoms with Crippen LogP contribution in [0.15, 0.2) is 0 Å². The van der Waals surface area contributed by atoms with Gasteiger partial charge in [0.2, 0.25) is 0 Å². The lowest BCUT2D eigenvalue weighted by Crippen LogP contribution is -2.51. The first-order valence-electron chi connectivity index (χ1n) is 4.14. The summed E-state index contributed by atoms with van der Waals surface area (Å²) in [5.41, 5.74) is -1.03. The van der Waals surface area contributed by atoms with Crippen molar-refractivity contribution in [1.29, 1.82) is 0 Å². The minimum Gasteiger partial charge on any atom is -0.479 e. The van der Waals surface area contributed by atoms with E-state index in [1.54, 1.807) is 0 Å². The van der Waals surface area contributed by atoms with Crippen LogP contribution >= 0.6 is 11.8 Å². The third kappa shape index (κ3) is 2.15. The quantitative estimate of drug-likeness (QED) is 0.725. The van der Waals surface area contributed by atoms with Gasteiger partial charge in [-0.3, -0.25) is 4.79 Å². The molecule has 0 unspecified atom stereocenters. The molecule has 4 nitrogen and oxygen atoms in total. The summed E-state index contributed by atoms with van der Waals surface area (Å²) in [4.78, 5) is 21.9. The number of carbonyl (C=O) groups is 2. The van der Waals surface area contributed by atoms with E-state index in [-0.39, 0.29) is 11.2 Å². The number of nitrogens with one attached hydrogen (secondary N) is 1. The average molecular weight is 203 g/mol. The number of hydrogen-bond donors (Lipinski definition) is 2. The van der Waals surface area contributed by atoms with Gasteiger partial charge in [-0.15, -0.1) is 0 Å². The minimum absolute atomic E-state index is 0.233. The van der Waals surface area contributed by atoms with Crippen LogP contribution in [0.5, 0.6) is 0 Å². The molecule has 13 heavy (non-hydrogen) atoms. The topological polar surface area (TPSA) is 66.4 Å². The number of thioether (sulfide) groups is 1. The summed E-state index contributed by atoms with van der Waals surface area (Å²) < 4.78 is 0. The zero-order valence-corrected chi connectivity index (χ0v) is 8.48. The molecule has 1 rings (SSSR count). The van der Waals surface area contributed by atoms with E-state index >= 15 is 0 Å². The number of rotatable bonds is 3. The van der Waals surface area contributed by atoms with Crippen molar-refractivity contribution < 1.29 is 14.7 Å². The molecule has 1 amide bonds. The summed E-state index contributed by atoms with van der Waals surface area (Å²) in [7, 11) is 0. The van der Waals surface area contributed by atoms with Crippen molar-refractivity contribution in [2.24, 2.45) is 5.92 Å². The highest BCUT2D eigenvalue weighted by atomic mass is 32.2. The fourth-order valence-electron chi connectivity index (χ4n) is 1.47. The summed E-state index contributed by atoms with van der Waals surface area (Å²) >= 11 is 1.04. The molecule has 0 aromatic rings. The Kier molecular flexibility index (Phi) is 2.85. The van der Waals surface area contributed by atoms with Gasteiger partial charge in [0.1, 0.15) is 5.54 Å². The maximum Gasteiger partial charge on any atom is 0.330 e. The number of carbonyl (C=O) groups excluding carboxylic acids is 1. The fraction of sp³-hybridized carbons (Fsp3) is 0.750. The smallest absolute Gasteiger partial charge is 0.330 e. The van der Waals surface area contributed by atoms with Crippen molar-refractivity contribution in [3.8, 4) is 0 Å². The number of carboxylic acids is 1. The molecule has 1 atom stereocenters. The second-order valence-corrected chi connectivity index (χ2v) is 4.63. The molecule has 1 saturated heterocycles. The van der Waals surface area contributed by atoms with Gasteiger partial charge in [0.25, 0.3) is 5.24 Å². The van der Waals surface area contributed by atoms with Gasteiger partial charge in [0.05, 0.1) is 0 Å². The number of amides is 1. The summed E-state index contributed by atoms with van der Waals surface area (Å²) in [6, 6.07) is 0. The molecule has 0 aliphatic carbocycles. The molecule has 74 valence electrons. The molecule has 2 N–H and O–H groups in total. The van der Waals surface area contributed by atoms with Crippen molar-refractivity contribution in [2.45, 2.75) is 25.8 Å². The largest absolute Gasteiger partial charge is 0.479 e. The number of carboxylic acid groups (broad SMARTS) is 1. The molecule has 1 aliphatic rings. The van der Waals surface area contributed by atoms with Gasteiger partial charge in [-0.2, -0.15) is 0 Å². The Bertz CT molecular complexity index is 242. The molecule has 0 radical (unpaired) electrons. The Morgan fingerprint density at radius 1 is 1.77 bits per heavy atom. The van der Waals surface area contributed by atoms with Gasteiger partial charge in [-0.1, -0.05) is 25.6 Å². The van der Waals surface area contributed by atoms with E-state index in [0.717, 1.165) is 11.8 Å². The van der Waals surface area contributed by atoms with Crippen molar-refractivity contribution in [2.75, 3.05) is 5.75 Å². The van der Waals surface area contributed by atoms with Crippen molar-refractivity contribution in [1.82, 2.24) is 5.32 Å². The highest BCUT2D eigenvalue weighted by Crippen LogP contribution is 2.29. The summed E-state index contributed by atoms with van der Waals surface area (Å²) in [5.74, 6) is -0.339. The second kappa shape index (κ2) is 3.57.